The van der Waals surface area contributed by atoms with Gasteiger partial charge in [0.2, 0.25) is 0 Å². The topological polar surface area (TPSA) is 29.9 Å². The first-order valence-electron chi connectivity index (χ1n) is 8.08. The van der Waals surface area contributed by atoms with Gasteiger partial charge in [0, 0.05) is 11.9 Å². The Kier molecular flexibility index (Phi) is 4.28. The quantitative estimate of drug-likeness (QED) is 0.887. The number of nitrogens with one attached hydrogen (secondary N) is 1. The zero-order chi connectivity index (χ0) is 14.7. The second-order valence-corrected chi connectivity index (χ2v) is 6.18. The molecule has 0 saturated heterocycles. The van der Waals surface area contributed by atoms with Crippen molar-refractivity contribution in [2.24, 2.45) is 0 Å². The van der Waals surface area contributed by atoms with Crippen LogP contribution in [0.1, 0.15) is 55.0 Å². The molecule has 0 bridgehead atoms. The van der Waals surface area contributed by atoms with Crippen molar-refractivity contribution in [3.63, 3.8) is 0 Å². The number of aromatic nitrogens is 2. The number of benzene rings is 1. The summed E-state index contributed by atoms with van der Waals surface area (Å²) in [5.74, 6) is 0. The summed E-state index contributed by atoms with van der Waals surface area (Å²) < 4.78 is 2.18. The van der Waals surface area contributed by atoms with E-state index >= 15 is 0 Å². The molecule has 0 amide bonds. The van der Waals surface area contributed by atoms with Gasteiger partial charge in [0.25, 0.3) is 0 Å². The standard InChI is InChI=1S/C18H25N3/c1-14-7-6-10-18(15(14)2)19-13-16-11-12-21(20-16)17-8-4-3-5-9-17/h6-7,10-12,17,19H,3-5,8-9,13H2,1-2H3. The highest BCUT2D eigenvalue weighted by Crippen LogP contribution is 2.27. The first-order valence-corrected chi connectivity index (χ1v) is 8.08. The average molecular weight is 283 g/mol. The first kappa shape index (κ1) is 14.2. The highest BCUT2D eigenvalue weighted by molar-refractivity contribution is 5.53. The van der Waals surface area contributed by atoms with Gasteiger partial charge in [-0.05, 0) is 49.9 Å². The van der Waals surface area contributed by atoms with Crippen molar-refractivity contribution in [2.45, 2.75) is 58.5 Å². The molecule has 0 radical (unpaired) electrons. The summed E-state index contributed by atoms with van der Waals surface area (Å²) in [5, 5.41) is 8.27. The van der Waals surface area contributed by atoms with E-state index in [-0.39, 0.29) is 0 Å². The lowest BCUT2D eigenvalue weighted by molar-refractivity contribution is 0.328. The van der Waals surface area contributed by atoms with Crippen LogP contribution in [0.25, 0.3) is 0 Å². The molecule has 0 atom stereocenters. The second-order valence-electron chi connectivity index (χ2n) is 6.18. The van der Waals surface area contributed by atoms with Crippen LogP contribution in [0, 0.1) is 13.8 Å². The van der Waals surface area contributed by atoms with Gasteiger partial charge in [-0.1, -0.05) is 31.4 Å². The van der Waals surface area contributed by atoms with Gasteiger partial charge >= 0.3 is 0 Å². The third kappa shape index (κ3) is 3.29. The maximum Gasteiger partial charge on any atom is 0.0815 e. The van der Waals surface area contributed by atoms with Gasteiger partial charge in [0.15, 0.2) is 0 Å². The largest absolute Gasteiger partial charge is 0.379 e. The molecule has 1 saturated carbocycles. The lowest BCUT2D eigenvalue weighted by Crippen LogP contribution is -2.14. The van der Waals surface area contributed by atoms with E-state index in [1.807, 2.05) is 0 Å². The minimum Gasteiger partial charge on any atom is -0.379 e. The smallest absolute Gasteiger partial charge is 0.0815 e. The summed E-state index contributed by atoms with van der Waals surface area (Å²) in [6, 6.07) is 9.16. The molecule has 0 spiro atoms. The van der Waals surface area contributed by atoms with Crippen LogP contribution in [0.4, 0.5) is 5.69 Å². The summed E-state index contributed by atoms with van der Waals surface area (Å²) in [5.41, 5.74) is 4.99. The van der Waals surface area contributed by atoms with Crippen molar-refractivity contribution in [1.29, 1.82) is 0 Å². The molecule has 0 unspecified atom stereocenters. The molecule has 3 nitrogen and oxygen atoms in total. The predicted molar refractivity (Wildman–Crippen MR) is 87.6 cm³/mol. The van der Waals surface area contributed by atoms with Crippen LogP contribution in [-0.4, -0.2) is 9.78 Å². The summed E-state index contributed by atoms with van der Waals surface area (Å²) in [6.45, 7) is 5.11. The molecular weight excluding hydrogens is 258 g/mol. The number of hydrogen-bond acceptors (Lipinski definition) is 2. The number of rotatable bonds is 4. The minimum atomic E-state index is 0.619. The van der Waals surface area contributed by atoms with Crippen LogP contribution in [0.5, 0.6) is 0 Å². The Hall–Kier alpha value is -1.77. The van der Waals surface area contributed by atoms with Gasteiger partial charge < -0.3 is 5.32 Å². The molecule has 3 heteroatoms. The number of aryl methyl sites for hydroxylation is 1. The van der Waals surface area contributed by atoms with Crippen LogP contribution in [0.2, 0.25) is 0 Å². The van der Waals surface area contributed by atoms with E-state index in [9.17, 15) is 0 Å². The maximum atomic E-state index is 4.76. The Morgan fingerprint density at radius 1 is 1.14 bits per heavy atom. The van der Waals surface area contributed by atoms with Crippen LogP contribution < -0.4 is 5.32 Å². The molecule has 0 aliphatic heterocycles. The highest BCUT2D eigenvalue weighted by atomic mass is 15.3. The van der Waals surface area contributed by atoms with E-state index in [1.54, 1.807) is 0 Å². The molecule has 1 fully saturated rings. The summed E-state index contributed by atoms with van der Waals surface area (Å²) in [6.07, 6.45) is 8.80. The molecule has 21 heavy (non-hydrogen) atoms. The van der Waals surface area contributed by atoms with Gasteiger partial charge in [0.1, 0.15) is 0 Å². The monoisotopic (exact) mass is 283 g/mol. The Balaban J connectivity index is 1.63. The Labute approximate surface area is 127 Å². The first-order chi connectivity index (χ1) is 10.2. The van der Waals surface area contributed by atoms with E-state index in [4.69, 9.17) is 5.10 Å². The summed E-state index contributed by atoms with van der Waals surface area (Å²) in [7, 11) is 0. The number of hydrogen-bond donors (Lipinski definition) is 1. The summed E-state index contributed by atoms with van der Waals surface area (Å²) in [4.78, 5) is 0. The Morgan fingerprint density at radius 2 is 1.95 bits per heavy atom. The van der Waals surface area contributed by atoms with Crippen molar-refractivity contribution in [3.8, 4) is 0 Å². The molecule has 2 aromatic rings. The van der Waals surface area contributed by atoms with Crippen molar-refractivity contribution >= 4 is 5.69 Å². The minimum absolute atomic E-state index is 0.619. The lowest BCUT2D eigenvalue weighted by Gasteiger charge is -2.21. The van der Waals surface area contributed by atoms with E-state index in [2.05, 4.69) is 54.3 Å². The average Bonchev–Trinajstić information content (AvgIpc) is 2.99. The molecule has 112 valence electrons. The lowest BCUT2D eigenvalue weighted by atomic mass is 9.96. The maximum absolute atomic E-state index is 4.76. The fourth-order valence-electron chi connectivity index (χ4n) is 3.15. The molecule has 1 aromatic carbocycles. The molecule has 1 aromatic heterocycles. The summed E-state index contributed by atoms with van der Waals surface area (Å²) >= 11 is 0. The SMILES string of the molecule is Cc1cccc(NCc2ccn(C3CCCCC3)n2)c1C. The third-order valence-electron chi connectivity index (χ3n) is 4.68. The van der Waals surface area contributed by atoms with Crippen molar-refractivity contribution in [3.05, 3.63) is 47.3 Å². The predicted octanol–water partition coefficient (Wildman–Crippen LogP) is 4.62. The van der Waals surface area contributed by atoms with E-state index in [1.165, 1.54) is 48.9 Å². The third-order valence-corrected chi connectivity index (χ3v) is 4.68. The van der Waals surface area contributed by atoms with Crippen LogP contribution in [0.15, 0.2) is 30.5 Å². The molecule has 1 heterocycles. The van der Waals surface area contributed by atoms with Crippen LogP contribution >= 0.6 is 0 Å². The zero-order valence-electron chi connectivity index (χ0n) is 13.1. The van der Waals surface area contributed by atoms with Crippen LogP contribution in [-0.2, 0) is 6.54 Å². The van der Waals surface area contributed by atoms with Crippen molar-refractivity contribution < 1.29 is 0 Å². The van der Waals surface area contributed by atoms with E-state index in [0.717, 1.165) is 12.2 Å². The number of nitrogens with zero attached hydrogens (tertiary/aromatic N) is 2. The van der Waals surface area contributed by atoms with Gasteiger partial charge in [-0.3, -0.25) is 4.68 Å². The van der Waals surface area contributed by atoms with Gasteiger partial charge in [-0.25, -0.2) is 0 Å². The normalized spacial score (nSPS) is 16.1. The van der Waals surface area contributed by atoms with Crippen molar-refractivity contribution in [2.75, 3.05) is 5.32 Å². The fraction of sp³-hybridized carbons (Fsp3) is 0.500. The molecule has 3 rings (SSSR count). The Morgan fingerprint density at radius 3 is 2.76 bits per heavy atom. The fourth-order valence-corrected chi connectivity index (χ4v) is 3.15. The Bertz CT molecular complexity index is 594. The second kappa shape index (κ2) is 6.33. The zero-order valence-corrected chi connectivity index (χ0v) is 13.1. The van der Waals surface area contributed by atoms with Gasteiger partial charge in [-0.15, -0.1) is 0 Å². The van der Waals surface area contributed by atoms with Crippen LogP contribution in [0.3, 0.4) is 0 Å². The molecule has 1 aliphatic carbocycles. The van der Waals surface area contributed by atoms with Gasteiger partial charge in [0.05, 0.1) is 18.3 Å². The molecule has 1 aliphatic rings. The van der Waals surface area contributed by atoms with Crippen molar-refractivity contribution in [1.82, 2.24) is 9.78 Å². The molecular formula is C18H25N3. The van der Waals surface area contributed by atoms with E-state index < -0.39 is 0 Å². The number of anilines is 1. The highest BCUT2D eigenvalue weighted by Gasteiger charge is 2.15. The molecule has 1 N–H and O–H groups in total. The van der Waals surface area contributed by atoms with Gasteiger partial charge in [-0.2, -0.15) is 5.10 Å². The van der Waals surface area contributed by atoms with E-state index in [0.29, 0.717) is 6.04 Å².